The zero-order valence-electron chi connectivity index (χ0n) is 12.8. The molecule has 1 aromatic heterocycles. The van der Waals surface area contributed by atoms with Crippen molar-refractivity contribution in [2.24, 2.45) is 5.73 Å². The van der Waals surface area contributed by atoms with Gasteiger partial charge in [-0.05, 0) is 41.3 Å². The van der Waals surface area contributed by atoms with Gasteiger partial charge in [-0.1, -0.05) is 26.2 Å². The largest absolute Gasteiger partial charge is 0.395 e. The molecule has 1 saturated carbocycles. The molecule has 1 aliphatic carbocycles. The Bertz CT molecular complexity index is 420. The molecule has 0 spiro atoms. The molecule has 3 N–H and O–H groups in total. The highest BCUT2D eigenvalue weighted by Crippen LogP contribution is 2.36. The normalized spacial score (nSPS) is 19.9. The van der Waals surface area contributed by atoms with Crippen LogP contribution in [0.4, 0.5) is 0 Å². The summed E-state index contributed by atoms with van der Waals surface area (Å²) in [7, 11) is 0. The zero-order chi connectivity index (χ0) is 15.2. The molecule has 2 rings (SSSR count). The summed E-state index contributed by atoms with van der Waals surface area (Å²) < 4.78 is 1.13. The van der Waals surface area contributed by atoms with Crippen LogP contribution in [0.5, 0.6) is 0 Å². The van der Waals surface area contributed by atoms with Crippen molar-refractivity contribution in [1.29, 1.82) is 0 Å². The van der Waals surface area contributed by atoms with E-state index in [0.29, 0.717) is 6.04 Å². The molecular weight excluding hydrogens is 348 g/mol. The Morgan fingerprint density at radius 1 is 1.43 bits per heavy atom. The van der Waals surface area contributed by atoms with Gasteiger partial charge in [-0.2, -0.15) is 0 Å². The SMILES string of the molecule is CCC(N)C(c1cc(Br)cs1)N(CCO)C1CCCCC1. The minimum Gasteiger partial charge on any atom is -0.395 e. The van der Waals surface area contributed by atoms with Gasteiger partial charge in [0.1, 0.15) is 0 Å². The van der Waals surface area contributed by atoms with Crippen LogP contribution in [0.2, 0.25) is 0 Å². The predicted molar refractivity (Wildman–Crippen MR) is 93.7 cm³/mol. The second kappa shape index (κ2) is 8.63. The first-order valence-electron chi connectivity index (χ1n) is 8.03. The summed E-state index contributed by atoms with van der Waals surface area (Å²) in [5.41, 5.74) is 6.46. The van der Waals surface area contributed by atoms with Gasteiger partial charge in [0, 0.05) is 33.4 Å². The third kappa shape index (κ3) is 4.52. The average Bonchev–Trinajstić information content (AvgIpc) is 2.93. The Kier molecular flexibility index (Phi) is 7.16. The van der Waals surface area contributed by atoms with Gasteiger partial charge in [-0.25, -0.2) is 0 Å². The Morgan fingerprint density at radius 3 is 2.67 bits per heavy atom. The number of hydrogen-bond acceptors (Lipinski definition) is 4. The highest BCUT2D eigenvalue weighted by Gasteiger charge is 2.32. The minimum absolute atomic E-state index is 0.115. The van der Waals surface area contributed by atoms with Gasteiger partial charge in [0.25, 0.3) is 0 Å². The number of halogens is 1. The second-order valence-corrected chi connectivity index (χ2v) is 7.80. The van der Waals surface area contributed by atoms with Gasteiger partial charge in [0.05, 0.1) is 12.6 Å². The Labute approximate surface area is 140 Å². The van der Waals surface area contributed by atoms with E-state index in [0.717, 1.165) is 17.4 Å². The number of aliphatic hydroxyl groups is 1. The summed E-state index contributed by atoms with van der Waals surface area (Å²) in [6, 6.07) is 3.10. The highest BCUT2D eigenvalue weighted by molar-refractivity contribution is 9.10. The van der Waals surface area contributed by atoms with Crippen LogP contribution in [-0.4, -0.2) is 35.2 Å². The Hall–Kier alpha value is 0.0600. The van der Waals surface area contributed by atoms with E-state index < -0.39 is 0 Å². The van der Waals surface area contributed by atoms with Crippen LogP contribution in [-0.2, 0) is 0 Å². The van der Waals surface area contributed by atoms with Crippen LogP contribution in [0.1, 0.15) is 56.4 Å². The maximum absolute atomic E-state index is 9.53. The first-order chi connectivity index (χ1) is 10.2. The molecule has 1 aliphatic rings. The van der Waals surface area contributed by atoms with E-state index in [9.17, 15) is 5.11 Å². The zero-order valence-corrected chi connectivity index (χ0v) is 15.2. The lowest BCUT2D eigenvalue weighted by molar-refractivity contribution is 0.0681. The van der Waals surface area contributed by atoms with Crippen LogP contribution in [0.15, 0.2) is 15.9 Å². The number of aliphatic hydroxyl groups excluding tert-OH is 1. The summed E-state index contributed by atoms with van der Waals surface area (Å²) >= 11 is 5.33. The number of hydrogen-bond donors (Lipinski definition) is 2. The van der Waals surface area contributed by atoms with E-state index in [1.165, 1.54) is 37.0 Å². The van der Waals surface area contributed by atoms with Crippen molar-refractivity contribution in [1.82, 2.24) is 4.90 Å². The summed E-state index contributed by atoms with van der Waals surface area (Å²) in [6.45, 7) is 3.08. The summed E-state index contributed by atoms with van der Waals surface area (Å²) in [4.78, 5) is 3.79. The molecule has 0 aliphatic heterocycles. The Morgan fingerprint density at radius 2 is 2.14 bits per heavy atom. The van der Waals surface area contributed by atoms with Gasteiger partial charge >= 0.3 is 0 Å². The maximum atomic E-state index is 9.53. The van der Waals surface area contributed by atoms with Crippen molar-refractivity contribution < 1.29 is 5.11 Å². The molecular formula is C16H27BrN2OS. The van der Waals surface area contributed by atoms with E-state index in [4.69, 9.17) is 5.73 Å². The molecule has 5 heteroatoms. The van der Waals surface area contributed by atoms with Gasteiger partial charge in [0.2, 0.25) is 0 Å². The minimum atomic E-state index is 0.115. The van der Waals surface area contributed by atoms with Crippen molar-refractivity contribution >= 4 is 27.3 Å². The lowest BCUT2D eigenvalue weighted by Gasteiger charge is -2.41. The van der Waals surface area contributed by atoms with Gasteiger partial charge in [0.15, 0.2) is 0 Å². The maximum Gasteiger partial charge on any atom is 0.0596 e. The van der Waals surface area contributed by atoms with E-state index in [1.807, 2.05) is 0 Å². The van der Waals surface area contributed by atoms with E-state index in [2.05, 4.69) is 39.2 Å². The third-order valence-corrected chi connectivity index (χ3v) is 6.28. The molecule has 1 aromatic rings. The lowest BCUT2D eigenvalue weighted by atomic mass is 9.91. The predicted octanol–water partition coefficient (Wildman–Crippen LogP) is 3.92. The molecule has 21 heavy (non-hydrogen) atoms. The standard InChI is InChI=1S/C16H27BrN2OS/c1-2-14(18)16(15-10-12(17)11-21-15)19(8-9-20)13-6-4-3-5-7-13/h10-11,13-14,16,20H,2-9,18H2,1H3. The molecule has 0 saturated heterocycles. The second-order valence-electron chi connectivity index (χ2n) is 5.94. The first kappa shape index (κ1) is 17.4. The summed E-state index contributed by atoms with van der Waals surface area (Å²) in [5, 5.41) is 11.7. The average molecular weight is 375 g/mol. The quantitative estimate of drug-likeness (QED) is 0.760. The third-order valence-electron chi connectivity index (χ3n) is 4.52. The van der Waals surface area contributed by atoms with Crippen LogP contribution in [0, 0.1) is 0 Å². The van der Waals surface area contributed by atoms with Crippen molar-refractivity contribution in [2.75, 3.05) is 13.2 Å². The van der Waals surface area contributed by atoms with Crippen molar-refractivity contribution in [3.05, 3.63) is 20.8 Å². The molecule has 0 amide bonds. The monoisotopic (exact) mass is 374 g/mol. The fourth-order valence-electron chi connectivity index (χ4n) is 3.40. The molecule has 0 aromatic carbocycles. The number of rotatable bonds is 7. The van der Waals surface area contributed by atoms with Crippen molar-refractivity contribution in [3.8, 4) is 0 Å². The van der Waals surface area contributed by atoms with E-state index in [1.54, 1.807) is 11.3 Å². The molecule has 0 bridgehead atoms. The van der Waals surface area contributed by atoms with Gasteiger partial charge < -0.3 is 10.8 Å². The van der Waals surface area contributed by atoms with Crippen molar-refractivity contribution in [2.45, 2.75) is 63.6 Å². The van der Waals surface area contributed by atoms with Crippen LogP contribution in [0.3, 0.4) is 0 Å². The lowest BCUT2D eigenvalue weighted by Crippen LogP contribution is -2.47. The number of thiophene rings is 1. The Balaban J connectivity index is 2.25. The van der Waals surface area contributed by atoms with E-state index >= 15 is 0 Å². The molecule has 120 valence electrons. The molecule has 2 unspecified atom stereocenters. The van der Waals surface area contributed by atoms with Crippen molar-refractivity contribution in [3.63, 3.8) is 0 Å². The number of nitrogens with two attached hydrogens (primary N) is 1. The van der Waals surface area contributed by atoms with Crippen LogP contribution in [0.25, 0.3) is 0 Å². The smallest absolute Gasteiger partial charge is 0.0596 e. The van der Waals surface area contributed by atoms with Crippen LogP contribution < -0.4 is 5.73 Å². The highest BCUT2D eigenvalue weighted by atomic mass is 79.9. The van der Waals surface area contributed by atoms with Crippen LogP contribution >= 0.6 is 27.3 Å². The summed E-state index contributed by atoms with van der Waals surface area (Å²) in [5.74, 6) is 0. The molecule has 2 atom stereocenters. The molecule has 1 heterocycles. The first-order valence-corrected chi connectivity index (χ1v) is 9.70. The van der Waals surface area contributed by atoms with Gasteiger partial charge in [-0.15, -0.1) is 11.3 Å². The topological polar surface area (TPSA) is 49.5 Å². The van der Waals surface area contributed by atoms with Gasteiger partial charge in [-0.3, -0.25) is 4.90 Å². The molecule has 0 radical (unpaired) electrons. The summed E-state index contributed by atoms with van der Waals surface area (Å²) in [6.07, 6.45) is 7.37. The fraction of sp³-hybridized carbons (Fsp3) is 0.750. The number of nitrogens with zero attached hydrogens (tertiary/aromatic N) is 1. The fourth-order valence-corrected chi connectivity index (χ4v) is 5.04. The molecule has 1 fully saturated rings. The van der Waals surface area contributed by atoms with E-state index in [-0.39, 0.29) is 18.7 Å². The molecule has 3 nitrogen and oxygen atoms in total.